The number of benzene rings is 1. The Morgan fingerprint density at radius 2 is 2.05 bits per heavy atom. The zero-order valence-corrected chi connectivity index (χ0v) is 11.6. The summed E-state index contributed by atoms with van der Waals surface area (Å²) in [6.45, 7) is 1.54. The first kappa shape index (κ1) is 16.0. The molecule has 0 bridgehead atoms. The number of rotatable bonds is 7. The molecule has 0 aliphatic carbocycles. The van der Waals surface area contributed by atoms with Gasteiger partial charge < -0.3 is 21.1 Å². The molecule has 0 saturated carbocycles. The summed E-state index contributed by atoms with van der Waals surface area (Å²) in [6.07, 6.45) is 1.24. The lowest BCUT2D eigenvalue weighted by Gasteiger charge is -2.18. The maximum atomic E-state index is 11.7. The van der Waals surface area contributed by atoms with E-state index < -0.39 is 5.97 Å². The normalized spacial score (nSPS) is 10.1. The highest BCUT2D eigenvalue weighted by Crippen LogP contribution is 2.10. The van der Waals surface area contributed by atoms with Crippen molar-refractivity contribution in [3.05, 3.63) is 35.4 Å². The van der Waals surface area contributed by atoms with Gasteiger partial charge in [0, 0.05) is 20.1 Å². The summed E-state index contributed by atoms with van der Waals surface area (Å²) < 4.78 is 0. The van der Waals surface area contributed by atoms with E-state index in [-0.39, 0.29) is 11.6 Å². The highest BCUT2D eigenvalue weighted by atomic mass is 16.4. The Labute approximate surface area is 118 Å². The van der Waals surface area contributed by atoms with Crippen LogP contribution in [-0.4, -0.2) is 48.7 Å². The number of hydrogen-bond acceptors (Lipinski definition) is 3. The minimum Gasteiger partial charge on any atom is -0.478 e. The molecule has 0 saturated heterocycles. The molecule has 6 heteroatoms. The van der Waals surface area contributed by atoms with Gasteiger partial charge in [0.2, 0.25) is 0 Å². The lowest BCUT2D eigenvalue weighted by molar-refractivity contribution is 0.0695. The standard InChI is InChI=1S/C14H21N3O3/c1-17(14(20)16-9-4-8-15)10-7-11-5-2-3-6-12(11)13(18)19/h2-3,5-6H,4,7-10,15H2,1H3,(H,16,20)(H,18,19). The van der Waals surface area contributed by atoms with Crippen LogP contribution in [0.3, 0.4) is 0 Å². The van der Waals surface area contributed by atoms with Crippen LogP contribution >= 0.6 is 0 Å². The van der Waals surface area contributed by atoms with Crippen LogP contribution in [0.15, 0.2) is 24.3 Å². The molecule has 0 aliphatic heterocycles. The number of carbonyl (C=O) groups excluding carboxylic acids is 1. The molecule has 1 aromatic rings. The highest BCUT2D eigenvalue weighted by Gasteiger charge is 2.11. The first-order valence-corrected chi connectivity index (χ1v) is 6.56. The Kier molecular flexibility index (Phi) is 6.52. The molecule has 0 radical (unpaired) electrons. The molecule has 1 rings (SSSR count). The van der Waals surface area contributed by atoms with E-state index in [1.807, 2.05) is 0 Å². The molecule has 110 valence electrons. The maximum Gasteiger partial charge on any atom is 0.335 e. The minimum atomic E-state index is -0.948. The van der Waals surface area contributed by atoms with Crippen molar-refractivity contribution in [3.63, 3.8) is 0 Å². The summed E-state index contributed by atoms with van der Waals surface area (Å²) in [5.41, 5.74) is 6.36. The third kappa shape index (κ3) is 4.89. The van der Waals surface area contributed by atoms with Crippen molar-refractivity contribution >= 4 is 12.0 Å². The van der Waals surface area contributed by atoms with Crippen LogP contribution in [0.25, 0.3) is 0 Å². The maximum absolute atomic E-state index is 11.7. The Balaban J connectivity index is 2.50. The second-order valence-electron chi connectivity index (χ2n) is 4.51. The number of hydrogen-bond donors (Lipinski definition) is 3. The van der Waals surface area contributed by atoms with Gasteiger partial charge in [0.15, 0.2) is 0 Å². The first-order valence-electron chi connectivity index (χ1n) is 6.56. The van der Waals surface area contributed by atoms with E-state index in [0.717, 1.165) is 12.0 Å². The summed E-state index contributed by atoms with van der Waals surface area (Å²) in [5, 5.41) is 11.8. The number of carboxylic acids is 1. The third-order valence-electron chi connectivity index (χ3n) is 2.97. The molecule has 0 atom stereocenters. The van der Waals surface area contributed by atoms with Crippen molar-refractivity contribution < 1.29 is 14.7 Å². The van der Waals surface area contributed by atoms with Crippen LogP contribution in [0.2, 0.25) is 0 Å². The van der Waals surface area contributed by atoms with Gasteiger partial charge in [0.25, 0.3) is 0 Å². The van der Waals surface area contributed by atoms with Gasteiger partial charge in [-0.15, -0.1) is 0 Å². The first-order chi connectivity index (χ1) is 9.56. The van der Waals surface area contributed by atoms with Crippen molar-refractivity contribution in [1.82, 2.24) is 10.2 Å². The van der Waals surface area contributed by atoms with Gasteiger partial charge >= 0.3 is 12.0 Å². The molecule has 4 N–H and O–H groups in total. The number of aromatic carboxylic acids is 1. The van der Waals surface area contributed by atoms with Crippen molar-refractivity contribution in [3.8, 4) is 0 Å². The molecule has 0 aromatic heterocycles. The Morgan fingerprint density at radius 3 is 2.70 bits per heavy atom. The average molecular weight is 279 g/mol. The molecule has 0 fully saturated rings. The van der Waals surface area contributed by atoms with E-state index in [1.54, 1.807) is 31.3 Å². The van der Waals surface area contributed by atoms with Gasteiger partial charge in [-0.3, -0.25) is 0 Å². The number of nitrogens with two attached hydrogens (primary N) is 1. The SMILES string of the molecule is CN(CCc1ccccc1C(=O)O)C(=O)NCCCN. The van der Waals surface area contributed by atoms with Crippen LogP contribution in [0.1, 0.15) is 22.3 Å². The highest BCUT2D eigenvalue weighted by molar-refractivity contribution is 5.89. The number of amides is 2. The van der Waals surface area contributed by atoms with Crippen molar-refractivity contribution in [2.75, 3.05) is 26.7 Å². The molecular weight excluding hydrogens is 258 g/mol. The quantitative estimate of drug-likeness (QED) is 0.647. The minimum absolute atomic E-state index is 0.175. The molecule has 0 spiro atoms. The molecule has 0 aliphatic rings. The second-order valence-corrected chi connectivity index (χ2v) is 4.51. The van der Waals surface area contributed by atoms with Gasteiger partial charge in [-0.25, -0.2) is 9.59 Å². The fraction of sp³-hybridized carbons (Fsp3) is 0.429. The average Bonchev–Trinajstić information content (AvgIpc) is 2.45. The Hall–Kier alpha value is -2.08. The lowest BCUT2D eigenvalue weighted by atomic mass is 10.0. The van der Waals surface area contributed by atoms with Gasteiger partial charge in [0.1, 0.15) is 0 Å². The fourth-order valence-corrected chi connectivity index (χ4v) is 1.77. The second kappa shape index (κ2) is 8.16. The molecular formula is C14H21N3O3. The summed E-state index contributed by atoms with van der Waals surface area (Å²) in [7, 11) is 1.68. The number of likely N-dealkylation sites (N-methyl/N-ethyl adjacent to an activating group) is 1. The van der Waals surface area contributed by atoms with Crippen LogP contribution < -0.4 is 11.1 Å². The van der Waals surface area contributed by atoms with E-state index in [0.29, 0.717) is 26.1 Å². The molecule has 20 heavy (non-hydrogen) atoms. The monoisotopic (exact) mass is 279 g/mol. The zero-order valence-electron chi connectivity index (χ0n) is 11.6. The fourth-order valence-electron chi connectivity index (χ4n) is 1.77. The third-order valence-corrected chi connectivity index (χ3v) is 2.97. The van der Waals surface area contributed by atoms with E-state index in [4.69, 9.17) is 10.8 Å². The summed E-state index contributed by atoms with van der Waals surface area (Å²) >= 11 is 0. The number of carboxylic acid groups (broad SMARTS) is 1. The summed E-state index contributed by atoms with van der Waals surface area (Å²) in [6, 6.07) is 6.65. The Bertz CT molecular complexity index is 463. The van der Waals surface area contributed by atoms with E-state index >= 15 is 0 Å². The number of nitrogens with one attached hydrogen (secondary N) is 1. The Morgan fingerprint density at radius 1 is 1.35 bits per heavy atom. The molecule has 2 amide bonds. The zero-order chi connectivity index (χ0) is 15.0. The smallest absolute Gasteiger partial charge is 0.335 e. The topological polar surface area (TPSA) is 95.7 Å². The van der Waals surface area contributed by atoms with Gasteiger partial charge in [-0.05, 0) is 31.0 Å². The van der Waals surface area contributed by atoms with E-state index in [1.165, 1.54) is 4.90 Å². The predicted octanol–water partition coefficient (Wildman–Crippen LogP) is 0.918. The van der Waals surface area contributed by atoms with E-state index in [9.17, 15) is 9.59 Å². The van der Waals surface area contributed by atoms with Crippen molar-refractivity contribution in [2.45, 2.75) is 12.8 Å². The van der Waals surface area contributed by atoms with Crippen LogP contribution in [0.4, 0.5) is 4.79 Å². The van der Waals surface area contributed by atoms with Crippen molar-refractivity contribution in [2.24, 2.45) is 5.73 Å². The molecule has 6 nitrogen and oxygen atoms in total. The molecule has 1 aromatic carbocycles. The lowest BCUT2D eigenvalue weighted by Crippen LogP contribution is -2.39. The summed E-state index contributed by atoms with van der Waals surface area (Å²) in [5.74, 6) is -0.948. The predicted molar refractivity (Wildman–Crippen MR) is 76.8 cm³/mol. The van der Waals surface area contributed by atoms with Crippen LogP contribution in [0.5, 0.6) is 0 Å². The van der Waals surface area contributed by atoms with Crippen LogP contribution in [0, 0.1) is 0 Å². The van der Waals surface area contributed by atoms with E-state index in [2.05, 4.69) is 5.32 Å². The number of nitrogens with zero attached hydrogens (tertiary/aromatic N) is 1. The summed E-state index contributed by atoms with van der Waals surface area (Å²) in [4.78, 5) is 24.3. The van der Waals surface area contributed by atoms with Gasteiger partial charge in [-0.2, -0.15) is 0 Å². The van der Waals surface area contributed by atoms with Crippen molar-refractivity contribution in [1.29, 1.82) is 0 Å². The molecule has 0 heterocycles. The molecule has 0 unspecified atom stereocenters. The van der Waals surface area contributed by atoms with Gasteiger partial charge in [-0.1, -0.05) is 18.2 Å². The van der Waals surface area contributed by atoms with Gasteiger partial charge in [0.05, 0.1) is 5.56 Å². The largest absolute Gasteiger partial charge is 0.478 e. The number of urea groups is 1. The van der Waals surface area contributed by atoms with Crippen LogP contribution in [-0.2, 0) is 6.42 Å². The number of carbonyl (C=O) groups is 2.